The highest BCUT2D eigenvalue weighted by Gasteiger charge is 2.43. The molecular formula is C16H20N2. The number of aryl methyl sites for hydroxylation is 1. The second kappa shape index (κ2) is 3.39. The van der Waals surface area contributed by atoms with Gasteiger partial charge in [0, 0.05) is 40.7 Å². The Morgan fingerprint density at radius 2 is 2.17 bits per heavy atom. The van der Waals surface area contributed by atoms with Crippen molar-refractivity contribution in [2.45, 2.75) is 38.6 Å². The number of rotatable bonds is 0. The molecule has 2 nitrogen and oxygen atoms in total. The molecule has 1 atom stereocenters. The zero-order valence-corrected chi connectivity index (χ0v) is 11.2. The van der Waals surface area contributed by atoms with E-state index in [1.807, 2.05) is 0 Å². The van der Waals surface area contributed by atoms with Crippen LogP contribution >= 0.6 is 0 Å². The van der Waals surface area contributed by atoms with Crippen LogP contribution in [0.1, 0.15) is 36.6 Å². The van der Waals surface area contributed by atoms with Gasteiger partial charge < -0.3 is 4.98 Å². The largest absolute Gasteiger partial charge is 0.358 e. The number of hydrogen-bond acceptors (Lipinski definition) is 1. The molecule has 1 N–H and O–H groups in total. The summed E-state index contributed by atoms with van der Waals surface area (Å²) < 4.78 is 0. The summed E-state index contributed by atoms with van der Waals surface area (Å²) in [7, 11) is 0. The van der Waals surface area contributed by atoms with Gasteiger partial charge >= 0.3 is 0 Å². The van der Waals surface area contributed by atoms with Crippen molar-refractivity contribution in [2.24, 2.45) is 0 Å². The maximum Gasteiger partial charge on any atom is 0.0459 e. The second-order valence-electron chi connectivity index (χ2n) is 6.14. The van der Waals surface area contributed by atoms with Crippen LogP contribution in [0.2, 0.25) is 0 Å². The Bertz CT molecular complexity index is 625. The zero-order chi connectivity index (χ0) is 12.3. The molecule has 2 aliphatic rings. The van der Waals surface area contributed by atoms with Crippen LogP contribution in [0.4, 0.5) is 0 Å². The molecule has 1 saturated heterocycles. The summed E-state index contributed by atoms with van der Waals surface area (Å²) in [5.41, 5.74) is 6.03. The highest BCUT2D eigenvalue weighted by molar-refractivity contribution is 5.86. The molecule has 2 heteroatoms. The van der Waals surface area contributed by atoms with Crippen LogP contribution < -0.4 is 0 Å². The third-order valence-corrected chi connectivity index (χ3v) is 4.99. The van der Waals surface area contributed by atoms with Gasteiger partial charge in [-0.2, -0.15) is 0 Å². The van der Waals surface area contributed by atoms with Gasteiger partial charge in [0.25, 0.3) is 0 Å². The minimum absolute atomic E-state index is 0.277. The second-order valence-corrected chi connectivity index (χ2v) is 6.14. The fraction of sp³-hybridized carbons (Fsp3) is 0.500. The Balaban J connectivity index is 2.04. The minimum atomic E-state index is 0.277. The van der Waals surface area contributed by atoms with E-state index in [0.717, 1.165) is 0 Å². The lowest BCUT2D eigenvalue weighted by atomic mass is 9.83. The topological polar surface area (TPSA) is 19.0 Å². The Morgan fingerprint density at radius 3 is 3.06 bits per heavy atom. The highest BCUT2D eigenvalue weighted by Crippen LogP contribution is 2.46. The summed E-state index contributed by atoms with van der Waals surface area (Å²) in [5, 5.41) is 1.46. The van der Waals surface area contributed by atoms with Crippen molar-refractivity contribution >= 4 is 10.9 Å². The third kappa shape index (κ3) is 1.22. The molecule has 0 aliphatic carbocycles. The van der Waals surface area contributed by atoms with Crippen molar-refractivity contribution in [1.82, 2.24) is 9.88 Å². The Hall–Kier alpha value is -1.28. The van der Waals surface area contributed by atoms with Crippen LogP contribution in [0.25, 0.3) is 10.9 Å². The molecule has 0 amide bonds. The molecule has 0 bridgehead atoms. The fourth-order valence-electron chi connectivity index (χ4n) is 4.07. The molecule has 2 aromatic rings. The first kappa shape index (κ1) is 10.6. The van der Waals surface area contributed by atoms with E-state index >= 15 is 0 Å². The Morgan fingerprint density at radius 1 is 1.28 bits per heavy atom. The molecule has 2 aliphatic heterocycles. The molecule has 1 aromatic heterocycles. The number of aromatic nitrogens is 1. The van der Waals surface area contributed by atoms with Gasteiger partial charge in [0.05, 0.1) is 0 Å². The molecule has 1 fully saturated rings. The highest BCUT2D eigenvalue weighted by atomic mass is 15.2. The number of aromatic amines is 1. The number of benzene rings is 1. The molecule has 1 aromatic carbocycles. The van der Waals surface area contributed by atoms with E-state index in [4.69, 9.17) is 0 Å². The van der Waals surface area contributed by atoms with Crippen LogP contribution in [0.5, 0.6) is 0 Å². The molecular weight excluding hydrogens is 220 g/mol. The summed E-state index contributed by atoms with van der Waals surface area (Å²) in [4.78, 5) is 6.34. The lowest BCUT2D eigenvalue weighted by Crippen LogP contribution is -2.43. The molecule has 0 unspecified atom stereocenters. The molecule has 94 valence electrons. The van der Waals surface area contributed by atoms with E-state index in [0.29, 0.717) is 0 Å². The average molecular weight is 240 g/mol. The van der Waals surface area contributed by atoms with Gasteiger partial charge in [0.1, 0.15) is 0 Å². The summed E-state index contributed by atoms with van der Waals surface area (Å²) in [5.74, 6) is 0. The predicted octanol–water partition coefficient (Wildman–Crippen LogP) is 3.34. The Labute approximate surface area is 108 Å². The molecule has 0 spiro atoms. The number of nitrogens with one attached hydrogen (secondary N) is 1. The molecule has 0 saturated carbocycles. The Kier molecular flexibility index (Phi) is 2.00. The van der Waals surface area contributed by atoms with Crippen molar-refractivity contribution in [3.05, 3.63) is 35.0 Å². The maximum absolute atomic E-state index is 3.65. The van der Waals surface area contributed by atoms with E-state index in [9.17, 15) is 0 Å². The van der Waals surface area contributed by atoms with Crippen LogP contribution in [-0.2, 0) is 12.0 Å². The van der Waals surface area contributed by atoms with Crippen LogP contribution in [0, 0.1) is 6.92 Å². The summed E-state index contributed by atoms with van der Waals surface area (Å²) in [6.07, 6.45) is 3.83. The van der Waals surface area contributed by atoms with E-state index in [1.165, 1.54) is 54.5 Å². The van der Waals surface area contributed by atoms with Crippen LogP contribution in [0.3, 0.4) is 0 Å². The van der Waals surface area contributed by atoms with Gasteiger partial charge in [-0.1, -0.05) is 11.6 Å². The molecule has 4 rings (SSSR count). The van der Waals surface area contributed by atoms with Crippen LogP contribution in [0.15, 0.2) is 18.2 Å². The van der Waals surface area contributed by atoms with Gasteiger partial charge in [-0.05, 0) is 45.4 Å². The first-order chi connectivity index (χ1) is 8.68. The fourth-order valence-corrected chi connectivity index (χ4v) is 4.07. The van der Waals surface area contributed by atoms with Gasteiger partial charge in [0.15, 0.2) is 0 Å². The van der Waals surface area contributed by atoms with Crippen LogP contribution in [-0.4, -0.2) is 23.0 Å². The zero-order valence-electron chi connectivity index (χ0n) is 11.2. The van der Waals surface area contributed by atoms with Gasteiger partial charge in [-0.15, -0.1) is 0 Å². The van der Waals surface area contributed by atoms with Crippen molar-refractivity contribution in [3.63, 3.8) is 0 Å². The first-order valence-corrected chi connectivity index (χ1v) is 7.05. The average Bonchev–Trinajstić information content (AvgIpc) is 2.88. The standard InChI is InChI=1S/C16H20N2/c1-11-4-5-13-12(10-11)15-14(17-13)6-9-18-8-3-7-16(15,18)2/h4-5,10,17H,3,6-9H2,1-2H3/t16-/m1/s1. The first-order valence-electron chi connectivity index (χ1n) is 7.05. The smallest absolute Gasteiger partial charge is 0.0459 e. The van der Waals surface area contributed by atoms with Crippen molar-refractivity contribution in [2.75, 3.05) is 13.1 Å². The van der Waals surface area contributed by atoms with E-state index in [-0.39, 0.29) is 5.54 Å². The number of nitrogens with zero attached hydrogens (tertiary/aromatic N) is 1. The molecule has 0 radical (unpaired) electrons. The van der Waals surface area contributed by atoms with E-state index in [1.54, 1.807) is 5.56 Å². The normalized spacial score (nSPS) is 27.4. The van der Waals surface area contributed by atoms with Gasteiger partial charge in [-0.25, -0.2) is 0 Å². The van der Waals surface area contributed by atoms with Gasteiger partial charge in [-0.3, -0.25) is 4.90 Å². The minimum Gasteiger partial charge on any atom is -0.358 e. The van der Waals surface area contributed by atoms with E-state index < -0.39 is 0 Å². The quantitative estimate of drug-likeness (QED) is 0.748. The number of H-pyrrole nitrogens is 1. The summed E-state index contributed by atoms with van der Waals surface area (Å²) in [6.45, 7) is 7.12. The van der Waals surface area contributed by atoms with Gasteiger partial charge in [0.2, 0.25) is 0 Å². The predicted molar refractivity (Wildman–Crippen MR) is 74.9 cm³/mol. The molecule has 18 heavy (non-hydrogen) atoms. The third-order valence-electron chi connectivity index (χ3n) is 4.99. The lowest BCUT2D eigenvalue weighted by Gasteiger charge is -2.40. The lowest BCUT2D eigenvalue weighted by molar-refractivity contribution is 0.144. The number of fused-ring (bicyclic) bond motifs is 5. The van der Waals surface area contributed by atoms with Crippen molar-refractivity contribution in [1.29, 1.82) is 0 Å². The monoisotopic (exact) mass is 240 g/mol. The SMILES string of the molecule is Cc1ccc2[nH]c3c(c2c1)[C@@]1(C)CCCN1CC3. The van der Waals surface area contributed by atoms with Crippen molar-refractivity contribution in [3.8, 4) is 0 Å². The summed E-state index contributed by atoms with van der Waals surface area (Å²) in [6, 6.07) is 6.81. The van der Waals surface area contributed by atoms with Crippen molar-refractivity contribution < 1.29 is 0 Å². The van der Waals surface area contributed by atoms with E-state index in [2.05, 4.69) is 41.9 Å². The summed E-state index contributed by atoms with van der Waals surface area (Å²) >= 11 is 0. The maximum atomic E-state index is 3.65. The number of hydrogen-bond donors (Lipinski definition) is 1. The molecule has 3 heterocycles.